The Balaban J connectivity index is 1.65. The van der Waals surface area contributed by atoms with Crippen LogP contribution in [0.15, 0.2) is 35.7 Å². The minimum Gasteiger partial charge on any atom is -0.492 e. The Morgan fingerprint density at radius 3 is 2.79 bits per heavy atom. The SMILES string of the molecule is CN(CCOc1ccc(F)cc1)CCC(=O)Nc1sccc1C#N. The summed E-state index contributed by atoms with van der Waals surface area (Å²) in [6, 6.07) is 9.58. The van der Waals surface area contributed by atoms with Crippen LogP contribution in [0.1, 0.15) is 12.0 Å². The molecule has 1 N–H and O–H groups in total. The Morgan fingerprint density at radius 1 is 1.33 bits per heavy atom. The average molecular weight is 347 g/mol. The maximum Gasteiger partial charge on any atom is 0.226 e. The number of nitrogens with zero attached hydrogens (tertiary/aromatic N) is 2. The lowest BCUT2D eigenvalue weighted by Gasteiger charge is -2.16. The molecule has 1 aromatic carbocycles. The number of carbonyl (C=O) groups excluding carboxylic acids is 1. The van der Waals surface area contributed by atoms with Gasteiger partial charge in [0.25, 0.3) is 0 Å². The summed E-state index contributed by atoms with van der Waals surface area (Å²) >= 11 is 1.33. The quantitative estimate of drug-likeness (QED) is 0.797. The Kier molecular flexibility index (Phi) is 6.73. The molecular formula is C17H18FN3O2S. The number of likely N-dealkylation sites (N-methyl/N-ethyl adjacent to an activating group) is 1. The summed E-state index contributed by atoms with van der Waals surface area (Å²) in [7, 11) is 1.90. The number of carbonyl (C=O) groups is 1. The molecule has 2 aromatic rings. The molecule has 0 atom stereocenters. The second kappa shape index (κ2) is 9.01. The zero-order chi connectivity index (χ0) is 17.4. The number of ether oxygens (including phenoxy) is 1. The van der Waals surface area contributed by atoms with Crippen molar-refractivity contribution in [1.82, 2.24) is 4.90 Å². The van der Waals surface area contributed by atoms with Gasteiger partial charge in [0.05, 0.1) is 5.56 Å². The van der Waals surface area contributed by atoms with Gasteiger partial charge in [-0.15, -0.1) is 11.3 Å². The fourth-order valence-electron chi connectivity index (χ4n) is 1.94. The predicted octanol–water partition coefficient (Wildman–Crippen LogP) is 3.10. The van der Waals surface area contributed by atoms with E-state index in [1.54, 1.807) is 23.6 Å². The summed E-state index contributed by atoms with van der Waals surface area (Å²) in [6.45, 7) is 1.67. The molecule has 0 aliphatic carbocycles. The topological polar surface area (TPSA) is 65.4 Å². The summed E-state index contributed by atoms with van der Waals surface area (Å²) in [5.41, 5.74) is 0.481. The predicted molar refractivity (Wildman–Crippen MR) is 91.7 cm³/mol. The van der Waals surface area contributed by atoms with Crippen LogP contribution >= 0.6 is 11.3 Å². The fraction of sp³-hybridized carbons (Fsp3) is 0.294. The average Bonchev–Trinajstić information content (AvgIpc) is 3.02. The molecule has 0 aliphatic heterocycles. The highest BCUT2D eigenvalue weighted by Crippen LogP contribution is 2.22. The number of benzene rings is 1. The van der Waals surface area contributed by atoms with E-state index in [0.29, 0.717) is 42.4 Å². The molecule has 24 heavy (non-hydrogen) atoms. The maximum atomic E-state index is 12.8. The number of hydrogen-bond donors (Lipinski definition) is 1. The summed E-state index contributed by atoms with van der Waals surface area (Å²) in [4.78, 5) is 13.9. The summed E-state index contributed by atoms with van der Waals surface area (Å²) in [5, 5.41) is 14.0. The lowest BCUT2D eigenvalue weighted by Crippen LogP contribution is -2.28. The zero-order valence-electron chi connectivity index (χ0n) is 13.3. The van der Waals surface area contributed by atoms with Gasteiger partial charge in [-0.1, -0.05) is 0 Å². The normalized spacial score (nSPS) is 10.4. The molecular weight excluding hydrogens is 329 g/mol. The fourth-order valence-corrected chi connectivity index (χ4v) is 2.69. The van der Waals surface area contributed by atoms with Crippen LogP contribution in [0.25, 0.3) is 0 Å². The van der Waals surface area contributed by atoms with Gasteiger partial charge < -0.3 is 15.0 Å². The van der Waals surface area contributed by atoms with Crippen LogP contribution in [0.5, 0.6) is 5.75 Å². The van der Waals surface area contributed by atoms with Gasteiger partial charge in [0, 0.05) is 19.5 Å². The van der Waals surface area contributed by atoms with Gasteiger partial charge in [-0.3, -0.25) is 4.79 Å². The molecule has 0 unspecified atom stereocenters. The molecule has 5 nitrogen and oxygen atoms in total. The minimum atomic E-state index is -0.296. The van der Waals surface area contributed by atoms with Crippen LogP contribution in [0, 0.1) is 17.1 Å². The maximum absolute atomic E-state index is 12.8. The first-order valence-corrected chi connectivity index (χ1v) is 8.31. The van der Waals surface area contributed by atoms with Crippen molar-refractivity contribution in [1.29, 1.82) is 5.26 Å². The van der Waals surface area contributed by atoms with Crippen molar-refractivity contribution in [2.45, 2.75) is 6.42 Å². The van der Waals surface area contributed by atoms with Crippen LogP contribution in [0.2, 0.25) is 0 Å². The Hall–Kier alpha value is -2.43. The van der Waals surface area contributed by atoms with Crippen LogP contribution in [0.3, 0.4) is 0 Å². The molecule has 2 rings (SSSR count). The highest BCUT2D eigenvalue weighted by atomic mass is 32.1. The standard InChI is InChI=1S/C17H18FN3O2S/c1-21(9-10-23-15-4-2-14(18)3-5-15)8-6-16(22)20-17-13(12-19)7-11-24-17/h2-5,7,11H,6,8-10H2,1H3,(H,20,22). The number of amides is 1. The van der Waals surface area contributed by atoms with E-state index in [1.807, 2.05) is 18.0 Å². The molecule has 0 fully saturated rings. The Bertz CT molecular complexity index is 709. The smallest absolute Gasteiger partial charge is 0.226 e. The number of halogens is 1. The van der Waals surface area contributed by atoms with Gasteiger partial charge in [-0.05, 0) is 42.8 Å². The van der Waals surface area contributed by atoms with Crippen molar-refractivity contribution in [3.8, 4) is 11.8 Å². The molecule has 1 amide bonds. The molecule has 1 aromatic heterocycles. The van der Waals surface area contributed by atoms with E-state index in [-0.39, 0.29) is 11.7 Å². The van der Waals surface area contributed by atoms with Crippen LogP contribution in [-0.4, -0.2) is 37.6 Å². The van der Waals surface area contributed by atoms with Gasteiger partial charge in [-0.25, -0.2) is 4.39 Å². The minimum absolute atomic E-state index is 0.125. The second-order valence-electron chi connectivity index (χ2n) is 5.18. The number of rotatable bonds is 8. The first-order chi connectivity index (χ1) is 11.6. The van der Waals surface area contributed by atoms with Crippen LogP contribution in [0.4, 0.5) is 9.39 Å². The summed E-state index contributed by atoms with van der Waals surface area (Å²) in [5.74, 6) is 0.195. The van der Waals surface area contributed by atoms with Crippen LogP contribution in [-0.2, 0) is 4.79 Å². The highest BCUT2D eigenvalue weighted by molar-refractivity contribution is 7.14. The lowest BCUT2D eigenvalue weighted by molar-refractivity contribution is -0.116. The molecule has 0 aliphatic rings. The summed E-state index contributed by atoms with van der Waals surface area (Å²) in [6.07, 6.45) is 0.329. The lowest BCUT2D eigenvalue weighted by atomic mass is 10.3. The van der Waals surface area contributed by atoms with E-state index in [9.17, 15) is 9.18 Å². The van der Waals surface area contributed by atoms with E-state index in [0.717, 1.165) is 0 Å². The zero-order valence-corrected chi connectivity index (χ0v) is 14.1. The van der Waals surface area contributed by atoms with E-state index in [2.05, 4.69) is 5.32 Å². The number of nitriles is 1. The van der Waals surface area contributed by atoms with Crippen molar-refractivity contribution in [2.24, 2.45) is 0 Å². The molecule has 0 saturated heterocycles. The van der Waals surface area contributed by atoms with Crippen molar-refractivity contribution in [3.63, 3.8) is 0 Å². The Labute approximate surface area is 144 Å². The number of thiophene rings is 1. The highest BCUT2D eigenvalue weighted by Gasteiger charge is 2.09. The molecule has 1 heterocycles. The van der Waals surface area contributed by atoms with E-state index in [1.165, 1.54) is 23.5 Å². The van der Waals surface area contributed by atoms with Gasteiger partial charge >= 0.3 is 0 Å². The van der Waals surface area contributed by atoms with Crippen molar-refractivity contribution >= 4 is 22.2 Å². The molecule has 0 bridgehead atoms. The largest absolute Gasteiger partial charge is 0.492 e. The van der Waals surface area contributed by atoms with Crippen molar-refractivity contribution in [3.05, 3.63) is 47.1 Å². The molecule has 0 saturated carbocycles. The van der Waals surface area contributed by atoms with Gasteiger partial charge in [0.1, 0.15) is 29.2 Å². The molecule has 0 spiro atoms. The number of nitrogens with one attached hydrogen (secondary N) is 1. The second-order valence-corrected chi connectivity index (χ2v) is 6.10. The monoisotopic (exact) mass is 347 g/mol. The third-order valence-electron chi connectivity index (χ3n) is 3.31. The van der Waals surface area contributed by atoms with Crippen molar-refractivity contribution < 1.29 is 13.9 Å². The Morgan fingerprint density at radius 2 is 2.08 bits per heavy atom. The first-order valence-electron chi connectivity index (χ1n) is 7.43. The van der Waals surface area contributed by atoms with Crippen molar-refractivity contribution in [2.75, 3.05) is 32.1 Å². The first kappa shape index (κ1) is 17.9. The third-order valence-corrected chi connectivity index (χ3v) is 4.14. The van der Waals surface area contributed by atoms with E-state index >= 15 is 0 Å². The van der Waals surface area contributed by atoms with Gasteiger partial charge in [0.2, 0.25) is 5.91 Å². The molecule has 7 heteroatoms. The van der Waals surface area contributed by atoms with E-state index < -0.39 is 0 Å². The number of hydrogen-bond acceptors (Lipinski definition) is 5. The van der Waals surface area contributed by atoms with Gasteiger partial charge in [-0.2, -0.15) is 5.26 Å². The third kappa shape index (κ3) is 5.65. The van der Waals surface area contributed by atoms with Crippen LogP contribution < -0.4 is 10.1 Å². The van der Waals surface area contributed by atoms with E-state index in [4.69, 9.17) is 10.00 Å². The molecule has 126 valence electrons. The molecule has 0 radical (unpaired) electrons. The van der Waals surface area contributed by atoms with Gasteiger partial charge in [0.15, 0.2) is 0 Å². The summed E-state index contributed by atoms with van der Waals surface area (Å²) < 4.78 is 18.3. The number of anilines is 1.